The first-order chi connectivity index (χ1) is 8.93. The van der Waals surface area contributed by atoms with Crippen molar-refractivity contribution in [3.05, 3.63) is 49.1 Å². The highest BCUT2D eigenvalue weighted by Crippen LogP contribution is 2.30. The fraction of sp³-hybridized carbons (Fsp3) is 0. The van der Waals surface area contributed by atoms with Crippen LogP contribution in [0.3, 0.4) is 0 Å². The second-order valence-corrected chi connectivity index (χ2v) is 5.19. The second kappa shape index (κ2) is 4.83. The molecule has 0 saturated heterocycles. The molecule has 0 aliphatic heterocycles. The molecular formula is C13H11NO4S. The summed E-state index contributed by atoms with van der Waals surface area (Å²) in [5.74, 6) is -0.555. The van der Waals surface area contributed by atoms with E-state index in [0.29, 0.717) is 10.8 Å². The van der Waals surface area contributed by atoms with Crippen LogP contribution in [0.2, 0.25) is 0 Å². The Kier molecular flexibility index (Phi) is 3.37. The fourth-order valence-electron chi connectivity index (χ4n) is 1.80. The average Bonchev–Trinajstić information content (AvgIpc) is 2.36. The van der Waals surface area contributed by atoms with E-state index in [4.69, 9.17) is 0 Å². The van der Waals surface area contributed by atoms with Crippen LogP contribution in [-0.4, -0.2) is 18.9 Å². The first kappa shape index (κ1) is 13.3. The first-order valence-electron chi connectivity index (χ1n) is 5.36. The summed E-state index contributed by atoms with van der Waals surface area (Å²) >= 11 is 0. The smallest absolute Gasteiger partial charge is 0.297 e. The van der Waals surface area contributed by atoms with Crippen molar-refractivity contribution >= 4 is 32.5 Å². The molecule has 2 rings (SSSR count). The summed E-state index contributed by atoms with van der Waals surface area (Å²) < 4.78 is 32.4. The highest BCUT2D eigenvalue weighted by atomic mass is 32.2. The summed E-state index contributed by atoms with van der Waals surface area (Å²) in [5, 5.41) is 3.35. The molecule has 5 nitrogen and oxygen atoms in total. The summed E-state index contributed by atoms with van der Waals surface area (Å²) in [7, 11) is -4.46. The Labute approximate surface area is 110 Å². The van der Waals surface area contributed by atoms with E-state index < -0.39 is 16.0 Å². The highest BCUT2D eigenvalue weighted by Gasteiger charge is 2.20. The third kappa shape index (κ3) is 2.64. The lowest BCUT2D eigenvalue weighted by Crippen LogP contribution is -2.12. The Bertz CT molecular complexity index is 765. The van der Waals surface area contributed by atoms with Crippen LogP contribution in [0.5, 0.6) is 0 Å². The van der Waals surface area contributed by atoms with Crippen LogP contribution in [0, 0.1) is 0 Å². The molecule has 0 heterocycles. The normalized spacial score (nSPS) is 11.2. The predicted molar refractivity (Wildman–Crippen MR) is 72.6 cm³/mol. The number of rotatable bonds is 3. The lowest BCUT2D eigenvalue weighted by Gasteiger charge is -2.10. The topological polar surface area (TPSA) is 83.5 Å². The summed E-state index contributed by atoms with van der Waals surface area (Å²) in [5.41, 5.74) is 0.0195. The maximum atomic E-state index is 11.5. The van der Waals surface area contributed by atoms with Crippen LogP contribution in [0.4, 0.5) is 5.69 Å². The van der Waals surface area contributed by atoms with Crippen LogP contribution in [0.15, 0.2) is 53.9 Å². The van der Waals surface area contributed by atoms with Crippen LogP contribution in [0.25, 0.3) is 10.8 Å². The third-order valence-electron chi connectivity index (χ3n) is 2.58. The molecule has 0 aliphatic rings. The van der Waals surface area contributed by atoms with Gasteiger partial charge in [-0.1, -0.05) is 36.9 Å². The molecule has 0 aliphatic carbocycles. The minimum atomic E-state index is -4.46. The largest absolute Gasteiger partial charge is 0.321 e. The number of hydrogen-bond acceptors (Lipinski definition) is 3. The van der Waals surface area contributed by atoms with Crippen molar-refractivity contribution in [2.75, 3.05) is 5.32 Å². The molecule has 1 amide bonds. The Morgan fingerprint density at radius 2 is 1.89 bits per heavy atom. The Hall–Kier alpha value is -2.18. The zero-order chi connectivity index (χ0) is 14.0. The number of hydrogen-bond donors (Lipinski definition) is 2. The molecule has 2 aromatic carbocycles. The van der Waals surface area contributed by atoms with Crippen molar-refractivity contribution in [1.29, 1.82) is 0 Å². The first-order valence-corrected chi connectivity index (χ1v) is 6.80. The van der Waals surface area contributed by atoms with Gasteiger partial charge < -0.3 is 5.32 Å². The Morgan fingerprint density at radius 1 is 1.21 bits per heavy atom. The third-order valence-corrected chi connectivity index (χ3v) is 3.54. The van der Waals surface area contributed by atoms with Gasteiger partial charge in [-0.2, -0.15) is 8.42 Å². The van der Waals surface area contributed by atoms with Crippen LogP contribution in [0.1, 0.15) is 0 Å². The van der Waals surface area contributed by atoms with Crippen LogP contribution in [-0.2, 0) is 14.9 Å². The molecule has 98 valence electrons. The van der Waals surface area contributed by atoms with Crippen molar-refractivity contribution in [2.45, 2.75) is 4.90 Å². The van der Waals surface area contributed by atoms with Crippen molar-refractivity contribution < 1.29 is 17.8 Å². The van der Waals surface area contributed by atoms with E-state index in [2.05, 4.69) is 11.9 Å². The second-order valence-electron chi connectivity index (χ2n) is 3.83. The molecule has 0 unspecified atom stereocenters. The molecule has 6 heteroatoms. The van der Waals surface area contributed by atoms with Crippen LogP contribution >= 0.6 is 0 Å². The van der Waals surface area contributed by atoms with Gasteiger partial charge in [0.1, 0.15) is 4.90 Å². The Balaban J connectivity index is 2.78. The quantitative estimate of drug-likeness (QED) is 0.665. The van der Waals surface area contributed by atoms with E-state index in [1.165, 1.54) is 6.07 Å². The fourth-order valence-corrected chi connectivity index (χ4v) is 2.66. The molecule has 0 radical (unpaired) electrons. The van der Waals surface area contributed by atoms with Crippen molar-refractivity contribution in [1.82, 2.24) is 0 Å². The van der Waals surface area contributed by atoms with Gasteiger partial charge in [0.05, 0.1) is 5.69 Å². The molecular weight excluding hydrogens is 266 g/mol. The highest BCUT2D eigenvalue weighted by molar-refractivity contribution is 7.86. The predicted octanol–water partition coefficient (Wildman–Crippen LogP) is 2.21. The maximum Gasteiger partial charge on any atom is 0.297 e. The van der Waals surface area contributed by atoms with Crippen molar-refractivity contribution in [2.24, 2.45) is 0 Å². The maximum absolute atomic E-state index is 11.5. The summed E-state index contributed by atoms with van der Waals surface area (Å²) in [4.78, 5) is 11.0. The van der Waals surface area contributed by atoms with E-state index in [9.17, 15) is 17.8 Å². The van der Waals surface area contributed by atoms with Gasteiger partial charge in [-0.25, -0.2) is 0 Å². The zero-order valence-corrected chi connectivity index (χ0v) is 10.6. The van der Waals surface area contributed by atoms with Crippen LogP contribution < -0.4 is 5.32 Å². The number of carbonyl (C=O) groups excluding carboxylic acids is 1. The molecule has 19 heavy (non-hydrogen) atoms. The van der Waals surface area contributed by atoms with E-state index in [1.54, 1.807) is 30.3 Å². The molecule has 0 aromatic heterocycles. The van der Waals surface area contributed by atoms with Gasteiger partial charge in [0.25, 0.3) is 10.1 Å². The van der Waals surface area contributed by atoms with E-state index in [-0.39, 0.29) is 10.6 Å². The van der Waals surface area contributed by atoms with E-state index >= 15 is 0 Å². The van der Waals surface area contributed by atoms with Gasteiger partial charge in [0, 0.05) is 5.39 Å². The minimum absolute atomic E-state index is 0.0195. The standard InChI is InChI=1S/C13H11NO4S/c1-2-12(15)14-11-8-7-9-5-3-4-6-10(9)13(11)19(16,17)18/h2-8H,1H2,(H,14,15)(H,16,17,18). The number of carbonyl (C=O) groups is 1. The van der Waals surface area contributed by atoms with Gasteiger partial charge in [-0.15, -0.1) is 0 Å². The number of fused-ring (bicyclic) bond motifs is 1. The summed E-state index contributed by atoms with van der Waals surface area (Å²) in [6.07, 6.45) is 1.02. The molecule has 2 N–H and O–H groups in total. The number of anilines is 1. The van der Waals surface area contributed by atoms with Crippen molar-refractivity contribution in [3.63, 3.8) is 0 Å². The zero-order valence-electron chi connectivity index (χ0n) is 9.83. The molecule has 0 spiro atoms. The van der Waals surface area contributed by atoms with E-state index in [1.807, 2.05) is 0 Å². The average molecular weight is 277 g/mol. The lowest BCUT2D eigenvalue weighted by molar-refractivity contribution is -0.111. The molecule has 0 bridgehead atoms. The van der Waals surface area contributed by atoms with Gasteiger partial charge >= 0.3 is 0 Å². The van der Waals surface area contributed by atoms with Gasteiger partial charge in [0.2, 0.25) is 5.91 Å². The van der Waals surface area contributed by atoms with Gasteiger partial charge in [-0.3, -0.25) is 9.35 Å². The van der Waals surface area contributed by atoms with Gasteiger partial charge in [-0.05, 0) is 17.5 Å². The van der Waals surface area contributed by atoms with Gasteiger partial charge in [0.15, 0.2) is 0 Å². The molecule has 0 fully saturated rings. The lowest BCUT2D eigenvalue weighted by atomic mass is 10.1. The molecule has 2 aromatic rings. The summed E-state index contributed by atoms with van der Waals surface area (Å²) in [6.45, 7) is 3.29. The Morgan fingerprint density at radius 3 is 2.53 bits per heavy atom. The van der Waals surface area contributed by atoms with E-state index in [0.717, 1.165) is 6.08 Å². The SMILES string of the molecule is C=CC(=O)Nc1ccc2ccccc2c1S(=O)(=O)O. The molecule has 0 saturated carbocycles. The number of benzene rings is 2. The minimum Gasteiger partial charge on any atom is -0.321 e. The monoisotopic (exact) mass is 277 g/mol. The number of amides is 1. The van der Waals surface area contributed by atoms with Crippen molar-refractivity contribution in [3.8, 4) is 0 Å². The molecule has 0 atom stereocenters. The number of nitrogens with one attached hydrogen (secondary N) is 1. The summed E-state index contributed by atoms with van der Waals surface area (Å²) in [6, 6.07) is 9.74.